The van der Waals surface area contributed by atoms with Crippen LogP contribution >= 0.6 is 0 Å². The molecular weight excluding hydrogens is 683 g/mol. The van der Waals surface area contributed by atoms with Crippen molar-refractivity contribution in [2.45, 2.75) is 116 Å². The molecule has 3 fully saturated rings. The summed E-state index contributed by atoms with van der Waals surface area (Å²) in [7, 11) is 0. The number of benzene rings is 2. The van der Waals surface area contributed by atoms with Crippen LogP contribution in [0.3, 0.4) is 0 Å². The quantitative estimate of drug-likeness (QED) is 0.259. The van der Waals surface area contributed by atoms with Crippen LogP contribution in [0.1, 0.15) is 110 Å². The third-order valence-electron chi connectivity index (χ3n) is 10.4. The molecule has 3 aliphatic rings. The van der Waals surface area contributed by atoms with E-state index in [0.29, 0.717) is 5.92 Å². The first kappa shape index (κ1) is 32.3. The molecule has 3 saturated carbocycles. The van der Waals surface area contributed by atoms with Crippen molar-refractivity contribution in [3.63, 3.8) is 0 Å². The van der Waals surface area contributed by atoms with Crippen LogP contribution in [0.15, 0.2) is 54.6 Å². The first-order chi connectivity index (χ1) is 19.2. The van der Waals surface area contributed by atoms with Crippen molar-refractivity contribution in [1.29, 1.82) is 0 Å². The van der Waals surface area contributed by atoms with E-state index >= 15 is 0 Å². The number of nitrogens with zero attached hydrogens (tertiary/aromatic N) is 1. The fraction of sp³-hybridized carbons (Fsp3) is 0.595. The first-order valence-electron chi connectivity index (χ1n) is 15.9. The maximum absolute atomic E-state index is 10.8. The van der Waals surface area contributed by atoms with Crippen molar-refractivity contribution >= 4 is 10.9 Å². The standard InChI is InChI=1S/C21H20N.C16H30O2.Ir/c1-3-7-16(8-4-1)18-11-13-21-19(15-18)12-14-20(22-21)17-9-5-2-6-10-17;1-15(2)9-5-7-11-8-6-10-16(3,4)14(18)12(11)13(15)17;/h2,5-6,9,11-16H,1,3-4,7-8H2;11-14,17-18H,5-10H2,1-4H3;/q-1;;. The molecule has 2 aromatic carbocycles. The van der Waals surface area contributed by atoms with E-state index in [2.05, 4.69) is 70.2 Å². The van der Waals surface area contributed by atoms with E-state index in [0.717, 1.165) is 35.5 Å². The van der Waals surface area contributed by atoms with E-state index in [1.807, 2.05) is 18.2 Å². The van der Waals surface area contributed by atoms with Crippen molar-refractivity contribution < 1.29 is 30.3 Å². The van der Waals surface area contributed by atoms with Crippen LogP contribution in [0.2, 0.25) is 0 Å². The van der Waals surface area contributed by atoms with Gasteiger partial charge < -0.3 is 10.2 Å². The Hall–Kier alpha value is -1.58. The molecule has 2 unspecified atom stereocenters. The molecule has 1 aromatic heterocycles. The van der Waals surface area contributed by atoms with Gasteiger partial charge in [0.15, 0.2) is 0 Å². The van der Waals surface area contributed by atoms with Gasteiger partial charge in [0.2, 0.25) is 0 Å². The van der Waals surface area contributed by atoms with Crippen LogP contribution in [0.25, 0.3) is 22.2 Å². The topological polar surface area (TPSA) is 53.4 Å². The minimum Gasteiger partial charge on any atom is -0.392 e. The molecule has 225 valence electrons. The van der Waals surface area contributed by atoms with Crippen molar-refractivity contribution in [3.8, 4) is 11.3 Å². The van der Waals surface area contributed by atoms with Crippen LogP contribution in [-0.4, -0.2) is 27.4 Å². The van der Waals surface area contributed by atoms with Crippen LogP contribution in [-0.2, 0) is 20.1 Å². The summed E-state index contributed by atoms with van der Waals surface area (Å²) in [4.78, 5) is 4.80. The van der Waals surface area contributed by atoms with Gasteiger partial charge in [-0.05, 0) is 90.0 Å². The van der Waals surface area contributed by atoms with E-state index in [1.54, 1.807) is 0 Å². The third kappa shape index (κ3) is 7.50. The predicted octanol–water partition coefficient (Wildman–Crippen LogP) is 9.11. The zero-order chi connectivity index (χ0) is 28.3. The fourth-order valence-electron chi connectivity index (χ4n) is 7.73. The summed E-state index contributed by atoms with van der Waals surface area (Å²) in [5.74, 6) is 1.33. The van der Waals surface area contributed by atoms with Crippen LogP contribution in [0, 0.1) is 28.7 Å². The van der Waals surface area contributed by atoms with Gasteiger partial charge in [0.25, 0.3) is 0 Å². The number of rotatable bonds is 2. The largest absolute Gasteiger partial charge is 0.392 e. The van der Waals surface area contributed by atoms with Crippen molar-refractivity contribution in [2.75, 3.05) is 0 Å². The Balaban J connectivity index is 0.000000188. The van der Waals surface area contributed by atoms with E-state index < -0.39 is 0 Å². The van der Waals surface area contributed by atoms with Crippen molar-refractivity contribution in [1.82, 2.24) is 4.98 Å². The van der Waals surface area contributed by atoms with Crippen molar-refractivity contribution in [3.05, 3.63) is 66.2 Å². The molecule has 1 heterocycles. The van der Waals surface area contributed by atoms with Gasteiger partial charge in [0.05, 0.1) is 17.7 Å². The summed E-state index contributed by atoms with van der Waals surface area (Å²) in [6.45, 7) is 8.63. The van der Waals surface area contributed by atoms with Crippen LogP contribution < -0.4 is 0 Å². The molecule has 3 nitrogen and oxygen atoms in total. The minimum absolute atomic E-state index is 0. The van der Waals surface area contributed by atoms with Gasteiger partial charge in [-0.3, -0.25) is 4.98 Å². The average Bonchev–Trinajstić information content (AvgIpc) is 3.15. The average molecular weight is 733 g/mol. The first-order valence-corrected chi connectivity index (χ1v) is 15.9. The molecule has 0 spiro atoms. The smallest absolute Gasteiger partial charge is 0.0646 e. The summed E-state index contributed by atoms with van der Waals surface area (Å²) < 4.78 is 0. The van der Waals surface area contributed by atoms with E-state index in [1.165, 1.54) is 68.7 Å². The van der Waals surface area contributed by atoms with E-state index in [4.69, 9.17) is 4.98 Å². The maximum Gasteiger partial charge on any atom is 0.0646 e. The molecule has 1 radical (unpaired) electrons. The second kappa shape index (κ2) is 13.8. The van der Waals surface area contributed by atoms with Gasteiger partial charge in [0, 0.05) is 26.0 Å². The number of aliphatic hydroxyl groups is 2. The molecule has 4 heteroatoms. The molecule has 3 aliphatic carbocycles. The molecule has 0 aliphatic heterocycles. The van der Waals surface area contributed by atoms with E-state index in [9.17, 15) is 10.2 Å². The van der Waals surface area contributed by atoms with Crippen molar-refractivity contribution in [2.24, 2.45) is 22.7 Å². The molecule has 2 N–H and O–H groups in total. The molecule has 0 bridgehead atoms. The number of aliphatic hydroxyl groups excluding tert-OH is 2. The summed E-state index contributed by atoms with van der Waals surface area (Å²) in [5.41, 5.74) is 4.52. The Kier molecular flexibility index (Phi) is 10.9. The zero-order valence-electron chi connectivity index (χ0n) is 25.5. The molecular formula is C37H50IrNO2-. The summed E-state index contributed by atoms with van der Waals surface area (Å²) >= 11 is 0. The second-order valence-electron chi connectivity index (χ2n) is 14.2. The van der Waals surface area contributed by atoms with Gasteiger partial charge in [-0.1, -0.05) is 78.0 Å². The van der Waals surface area contributed by atoms with Gasteiger partial charge in [-0.2, -0.15) is 0 Å². The molecule has 0 amide bonds. The van der Waals surface area contributed by atoms with Gasteiger partial charge in [-0.25, -0.2) is 0 Å². The Morgan fingerprint density at radius 2 is 1.41 bits per heavy atom. The second-order valence-corrected chi connectivity index (χ2v) is 14.2. The molecule has 3 aromatic rings. The number of hydrogen-bond acceptors (Lipinski definition) is 3. The van der Waals surface area contributed by atoms with E-state index in [-0.39, 0.29) is 49.1 Å². The minimum atomic E-state index is -0.364. The fourth-order valence-corrected chi connectivity index (χ4v) is 7.73. The molecule has 0 saturated heterocycles. The Morgan fingerprint density at radius 3 is 2.02 bits per heavy atom. The predicted molar refractivity (Wildman–Crippen MR) is 166 cm³/mol. The van der Waals surface area contributed by atoms with Gasteiger partial charge in [0.1, 0.15) is 0 Å². The number of fused-ring (bicyclic) bond motifs is 2. The molecule has 41 heavy (non-hydrogen) atoms. The Labute approximate surface area is 261 Å². The zero-order valence-corrected chi connectivity index (χ0v) is 27.9. The molecule has 6 rings (SSSR count). The number of aromatic nitrogens is 1. The monoisotopic (exact) mass is 733 g/mol. The number of pyridine rings is 1. The molecule has 2 atom stereocenters. The van der Waals surface area contributed by atoms with Gasteiger partial charge in [-0.15, -0.1) is 35.9 Å². The summed E-state index contributed by atoms with van der Waals surface area (Å²) in [6.07, 6.45) is 13.0. The Morgan fingerprint density at radius 1 is 0.756 bits per heavy atom. The SMILES string of the molecule is CC1(C)CCCC2CCCC(C)(C)C(O)C2C1O.[Ir].[c-]1ccccc1-c1ccc2cc(C3CCCCC3)ccc2n1. The van der Waals surface area contributed by atoms with Crippen LogP contribution in [0.5, 0.6) is 0 Å². The third-order valence-corrected chi connectivity index (χ3v) is 10.4. The summed E-state index contributed by atoms with van der Waals surface area (Å²) in [6, 6.07) is 22.4. The Bertz CT molecular complexity index is 1220. The maximum atomic E-state index is 10.8. The number of hydrogen-bond donors (Lipinski definition) is 2. The van der Waals surface area contributed by atoms with Crippen LogP contribution in [0.4, 0.5) is 0 Å². The van der Waals surface area contributed by atoms with Gasteiger partial charge >= 0.3 is 0 Å². The normalized spacial score (nSPS) is 27.8. The summed E-state index contributed by atoms with van der Waals surface area (Å²) in [5, 5.41) is 22.8.